The molecule has 0 saturated carbocycles. The van der Waals surface area contributed by atoms with Gasteiger partial charge in [-0.05, 0) is 39.3 Å². The summed E-state index contributed by atoms with van der Waals surface area (Å²) in [6.45, 7) is 5.91. The van der Waals surface area contributed by atoms with Gasteiger partial charge in [0.05, 0.1) is 19.9 Å². The maximum absolute atomic E-state index is 5.57. The zero-order valence-electron chi connectivity index (χ0n) is 14.3. The van der Waals surface area contributed by atoms with E-state index in [1.54, 1.807) is 14.2 Å². The molecule has 0 spiro atoms. The fraction of sp³-hybridized carbons (Fsp3) is 0.500. The lowest BCUT2D eigenvalue weighted by molar-refractivity contribution is 0.240. The third-order valence-electron chi connectivity index (χ3n) is 4.64. The van der Waals surface area contributed by atoms with Crippen molar-refractivity contribution in [3.05, 3.63) is 40.8 Å². The number of aromatic nitrogens is 1. The van der Waals surface area contributed by atoms with Crippen LogP contribution in [0, 0.1) is 13.8 Å². The van der Waals surface area contributed by atoms with Crippen LogP contribution in [-0.2, 0) is 6.54 Å². The van der Waals surface area contributed by atoms with Gasteiger partial charge in [-0.15, -0.1) is 0 Å². The van der Waals surface area contributed by atoms with Crippen molar-refractivity contribution in [2.24, 2.45) is 0 Å². The van der Waals surface area contributed by atoms with Crippen LogP contribution in [0.3, 0.4) is 0 Å². The monoisotopic (exact) mass is 316 g/mol. The number of likely N-dealkylation sites (tertiary alicyclic amines) is 1. The summed E-state index contributed by atoms with van der Waals surface area (Å²) < 4.78 is 16.3. The molecule has 1 aliphatic rings. The number of rotatable bonds is 5. The van der Waals surface area contributed by atoms with E-state index in [-0.39, 0.29) is 0 Å². The minimum atomic E-state index is 0.358. The maximum atomic E-state index is 5.57. The molecule has 3 rings (SSSR count). The second-order valence-electron chi connectivity index (χ2n) is 6.02. The van der Waals surface area contributed by atoms with Crippen molar-refractivity contribution in [1.82, 2.24) is 10.1 Å². The van der Waals surface area contributed by atoms with E-state index in [1.807, 2.05) is 26.0 Å². The molecule has 0 unspecified atom stereocenters. The van der Waals surface area contributed by atoms with Crippen molar-refractivity contribution in [2.75, 3.05) is 20.8 Å². The Hall–Kier alpha value is -2.01. The van der Waals surface area contributed by atoms with Gasteiger partial charge in [-0.25, -0.2) is 0 Å². The van der Waals surface area contributed by atoms with Crippen LogP contribution < -0.4 is 9.47 Å². The van der Waals surface area contributed by atoms with Gasteiger partial charge in [0.2, 0.25) is 0 Å². The highest BCUT2D eigenvalue weighted by atomic mass is 16.5. The van der Waals surface area contributed by atoms with E-state index in [1.165, 1.54) is 12.0 Å². The quantitative estimate of drug-likeness (QED) is 0.842. The number of aryl methyl sites for hydroxylation is 2. The van der Waals surface area contributed by atoms with E-state index in [0.29, 0.717) is 6.04 Å². The highest BCUT2D eigenvalue weighted by Gasteiger charge is 2.31. The average molecular weight is 316 g/mol. The van der Waals surface area contributed by atoms with Gasteiger partial charge < -0.3 is 14.0 Å². The predicted molar refractivity (Wildman–Crippen MR) is 87.9 cm³/mol. The number of methoxy groups -OCH3 is 2. The summed E-state index contributed by atoms with van der Waals surface area (Å²) in [5, 5.41) is 4.12. The summed E-state index contributed by atoms with van der Waals surface area (Å²) in [6, 6.07) is 6.40. The van der Waals surface area contributed by atoms with Gasteiger partial charge >= 0.3 is 0 Å². The molecule has 1 aromatic heterocycles. The molecule has 0 aliphatic carbocycles. The predicted octanol–water partition coefficient (Wildman–Crippen LogP) is 3.65. The molecule has 1 aromatic carbocycles. The zero-order valence-corrected chi connectivity index (χ0v) is 14.3. The molecule has 0 bridgehead atoms. The second kappa shape index (κ2) is 6.62. The third-order valence-corrected chi connectivity index (χ3v) is 4.64. The Morgan fingerprint density at radius 1 is 1.26 bits per heavy atom. The van der Waals surface area contributed by atoms with Gasteiger partial charge in [0.15, 0.2) is 11.5 Å². The zero-order chi connectivity index (χ0) is 16.4. The SMILES string of the molecule is COc1cccc(CN2CCC[C@H]2c2c(C)noc2C)c1OC. The van der Waals surface area contributed by atoms with Crippen molar-refractivity contribution >= 4 is 0 Å². The smallest absolute Gasteiger partial charge is 0.165 e. The van der Waals surface area contributed by atoms with Gasteiger partial charge in [0.25, 0.3) is 0 Å². The number of hydrogen-bond donors (Lipinski definition) is 0. The highest BCUT2D eigenvalue weighted by molar-refractivity contribution is 5.46. The number of para-hydroxylation sites is 1. The van der Waals surface area contributed by atoms with Crippen LogP contribution in [0.4, 0.5) is 0 Å². The molecule has 1 saturated heterocycles. The minimum Gasteiger partial charge on any atom is -0.493 e. The lowest BCUT2D eigenvalue weighted by Crippen LogP contribution is -2.23. The first-order chi connectivity index (χ1) is 11.2. The molecular formula is C18H24N2O3. The van der Waals surface area contributed by atoms with Gasteiger partial charge in [0, 0.05) is 23.7 Å². The van der Waals surface area contributed by atoms with Crippen LogP contribution in [0.5, 0.6) is 11.5 Å². The van der Waals surface area contributed by atoms with Crippen LogP contribution in [0.2, 0.25) is 0 Å². The Morgan fingerprint density at radius 3 is 2.74 bits per heavy atom. The van der Waals surface area contributed by atoms with Crippen LogP contribution in [0.1, 0.15) is 41.5 Å². The number of hydrogen-bond acceptors (Lipinski definition) is 5. The van der Waals surface area contributed by atoms with Gasteiger partial charge in [-0.3, -0.25) is 4.90 Å². The van der Waals surface area contributed by atoms with Crippen molar-refractivity contribution in [3.63, 3.8) is 0 Å². The van der Waals surface area contributed by atoms with Crippen molar-refractivity contribution < 1.29 is 14.0 Å². The van der Waals surface area contributed by atoms with E-state index in [2.05, 4.69) is 16.1 Å². The van der Waals surface area contributed by atoms with E-state index in [0.717, 1.165) is 48.0 Å². The lowest BCUT2D eigenvalue weighted by Gasteiger charge is -2.25. The molecule has 5 heteroatoms. The molecule has 1 atom stereocenters. The molecule has 1 fully saturated rings. The van der Waals surface area contributed by atoms with Gasteiger partial charge in [0.1, 0.15) is 5.76 Å². The summed E-state index contributed by atoms with van der Waals surface area (Å²) in [7, 11) is 3.36. The summed E-state index contributed by atoms with van der Waals surface area (Å²) >= 11 is 0. The van der Waals surface area contributed by atoms with Crippen LogP contribution >= 0.6 is 0 Å². The number of benzene rings is 1. The molecule has 0 amide bonds. The molecule has 124 valence electrons. The third kappa shape index (κ3) is 2.93. The van der Waals surface area contributed by atoms with E-state index in [9.17, 15) is 0 Å². The molecule has 2 heterocycles. The molecule has 0 radical (unpaired) electrons. The summed E-state index contributed by atoms with van der Waals surface area (Å²) in [5.74, 6) is 2.52. The first-order valence-corrected chi connectivity index (χ1v) is 8.02. The number of nitrogens with zero attached hydrogens (tertiary/aromatic N) is 2. The largest absolute Gasteiger partial charge is 0.493 e. The molecular weight excluding hydrogens is 292 g/mol. The van der Waals surface area contributed by atoms with Crippen LogP contribution in [0.15, 0.2) is 22.7 Å². The van der Waals surface area contributed by atoms with E-state index < -0.39 is 0 Å². The first kappa shape index (κ1) is 15.9. The molecule has 5 nitrogen and oxygen atoms in total. The Labute approximate surface area is 137 Å². The number of ether oxygens (including phenoxy) is 2. The Bertz CT molecular complexity index is 661. The molecule has 23 heavy (non-hydrogen) atoms. The van der Waals surface area contributed by atoms with Crippen LogP contribution in [0.25, 0.3) is 0 Å². The molecule has 1 aliphatic heterocycles. The van der Waals surface area contributed by atoms with Crippen LogP contribution in [-0.4, -0.2) is 30.8 Å². The Balaban J connectivity index is 1.88. The van der Waals surface area contributed by atoms with E-state index >= 15 is 0 Å². The fourth-order valence-corrected chi connectivity index (χ4v) is 3.61. The minimum absolute atomic E-state index is 0.358. The first-order valence-electron chi connectivity index (χ1n) is 8.02. The van der Waals surface area contributed by atoms with Crippen molar-refractivity contribution in [1.29, 1.82) is 0 Å². The Kier molecular flexibility index (Phi) is 4.57. The maximum Gasteiger partial charge on any atom is 0.165 e. The average Bonchev–Trinajstić information content (AvgIpc) is 3.13. The van der Waals surface area contributed by atoms with Crippen molar-refractivity contribution in [3.8, 4) is 11.5 Å². The summed E-state index contributed by atoms with van der Waals surface area (Å²) in [4.78, 5) is 2.48. The molecule has 2 aromatic rings. The van der Waals surface area contributed by atoms with Crippen molar-refractivity contribution in [2.45, 2.75) is 39.3 Å². The fourth-order valence-electron chi connectivity index (χ4n) is 3.61. The topological polar surface area (TPSA) is 47.7 Å². The lowest BCUT2D eigenvalue weighted by atomic mass is 10.0. The summed E-state index contributed by atoms with van der Waals surface area (Å²) in [5.41, 5.74) is 3.38. The standard InChI is InChI=1S/C18H24N2O3/c1-12-17(13(2)23-19-12)15-8-6-10-20(15)11-14-7-5-9-16(21-3)18(14)22-4/h5,7,9,15H,6,8,10-11H2,1-4H3/t15-/m0/s1. The molecule has 0 N–H and O–H groups in total. The normalized spacial score (nSPS) is 18.3. The van der Waals surface area contributed by atoms with E-state index in [4.69, 9.17) is 14.0 Å². The van der Waals surface area contributed by atoms with Gasteiger partial charge in [-0.2, -0.15) is 0 Å². The van der Waals surface area contributed by atoms with Gasteiger partial charge in [-0.1, -0.05) is 17.3 Å². The Morgan fingerprint density at radius 2 is 2.09 bits per heavy atom. The second-order valence-corrected chi connectivity index (χ2v) is 6.02. The summed E-state index contributed by atoms with van der Waals surface area (Å²) in [6.07, 6.45) is 2.32. The highest BCUT2D eigenvalue weighted by Crippen LogP contribution is 2.39.